The summed E-state index contributed by atoms with van der Waals surface area (Å²) in [6.07, 6.45) is -4.21. The van der Waals surface area contributed by atoms with E-state index in [4.69, 9.17) is 27.9 Å². The van der Waals surface area contributed by atoms with Crippen molar-refractivity contribution in [3.05, 3.63) is 63.1 Å². The predicted molar refractivity (Wildman–Crippen MR) is 157 cm³/mol. The molecular formula is C29H36Cl2F3N5O3. The number of nitrogens with zero attached hydrogens (tertiary/aromatic N) is 3. The Hall–Kier alpha value is -2.57. The first-order valence-electron chi connectivity index (χ1n) is 13.9. The van der Waals surface area contributed by atoms with E-state index in [2.05, 4.69) is 10.6 Å². The second-order valence-electron chi connectivity index (χ2n) is 10.6. The van der Waals surface area contributed by atoms with Crippen molar-refractivity contribution in [2.75, 3.05) is 64.4 Å². The highest BCUT2D eigenvalue weighted by Crippen LogP contribution is 2.33. The number of benzene rings is 2. The topological polar surface area (TPSA) is 77.2 Å². The Labute approximate surface area is 254 Å². The van der Waals surface area contributed by atoms with Gasteiger partial charge in [0.05, 0.1) is 18.7 Å². The maximum atomic E-state index is 13.9. The molecule has 2 fully saturated rings. The maximum Gasteiger partial charge on any atom is 0.416 e. The van der Waals surface area contributed by atoms with Crippen LogP contribution in [0.3, 0.4) is 0 Å². The standard InChI is InChI=1S/C29H36Cl2F3N5O3/c1-19(18-42-2)36-16-21-13-22(29(32,33)34)4-6-25(21)37-9-11-38(12-10-37)28(41)26(39-8-7-35-17-27(39)40)14-20-3-5-23(30)15-24(20)31/h3-6,13,15,19,26,35-36H,7-12,14,16-18H2,1-2H3. The molecule has 2 aromatic carbocycles. The summed E-state index contributed by atoms with van der Waals surface area (Å²) in [5, 5.41) is 7.17. The van der Waals surface area contributed by atoms with Gasteiger partial charge >= 0.3 is 6.18 Å². The van der Waals surface area contributed by atoms with E-state index in [0.29, 0.717) is 72.7 Å². The summed E-state index contributed by atoms with van der Waals surface area (Å²) in [6, 6.07) is 8.08. The zero-order valence-electron chi connectivity index (χ0n) is 23.6. The number of hydrogen-bond donors (Lipinski definition) is 2. The number of rotatable bonds is 10. The summed E-state index contributed by atoms with van der Waals surface area (Å²) < 4.78 is 45.7. The third kappa shape index (κ3) is 8.08. The van der Waals surface area contributed by atoms with Gasteiger partial charge < -0.3 is 30.1 Å². The lowest BCUT2D eigenvalue weighted by molar-refractivity contribution is -0.146. The molecule has 8 nitrogen and oxygen atoms in total. The van der Waals surface area contributed by atoms with Crippen LogP contribution in [-0.2, 0) is 33.5 Å². The summed E-state index contributed by atoms with van der Waals surface area (Å²) in [4.78, 5) is 32.1. The van der Waals surface area contributed by atoms with Crippen LogP contribution in [0.4, 0.5) is 18.9 Å². The van der Waals surface area contributed by atoms with Crippen LogP contribution in [0.1, 0.15) is 23.6 Å². The molecule has 0 spiro atoms. The number of methoxy groups -OCH3 is 1. The lowest BCUT2D eigenvalue weighted by Crippen LogP contribution is -2.60. The van der Waals surface area contributed by atoms with E-state index < -0.39 is 17.8 Å². The molecule has 2 N–H and O–H groups in total. The highest BCUT2D eigenvalue weighted by atomic mass is 35.5. The van der Waals surface area contributed by atoms with Gasteiger partial charge in [0.25, 0.3) is 0 Å². The number of piperazine rings is 2. The van der Waals surface area contributed by atoms with Crippen molar-refractivity contribution in [3.8, 4) is 0 Å². The molecule has 2 atom stereocenters. The van der Waals surface area contributed by atoms with Gasteiger partial charge in [0, 0.05) is 81.1 Å². The molecular weight excluding hydrogens is 594 g/mol. The van der Waals surface area contributed by atoms with Gasteiger partial charge in [-0.2, -0.15) is 13.2 Å². The molecule has 2 heterocycles. The Bertz CT molecular complexity index is 1260. The summed E-state index contributed by atoms with van der Waals surface area (Å²) in [6.45, 7) is 5.26. The monoisotopic (exact) mass is 629 g/mol. The first-order valence-corrected chi connectivity index (χ1v) is 14.6. The number of carbonyl (C=O) groups is 2. The molecule has 230 valence electrons. The van der Waals surface area contributed by atoms with Crippen LogP contribution in [0.25, 0.3) is 0 Å². The fourth-order valence-corrected chi connectivity index (χ4v) is 5.85. The second kappa shape index (κ2) is 14.3. The molecule has 0 aromatic heterocycles. The zero-order chi connectivity index (χ0) is 30.4. The van der Waals surface area contributed by atoms with Crippen molar-refractivity contribution in [1.82, 2.24) is 20.4 Å². The molecule has 2 aliphatic rings. The summed E-state index contributed by atoms with van der Waals surface area (Å²) >= 11 is 12.5. The smallest absolute Gasteiger partial charge is 0.383 e. The highest BCUT2D eigenvalue weighted by Gasteiger charge is 2.36. The molecule has 2 aliphatic heterocycles. The molecule has 0 radical (unpaired) electrons. The van der Waals surface area contributed by atoms with Crippen LogP contribution in [0.5, 0.6) is 0 Å². The minimum Gasteiger partial charge on any atom is -0.383 e. The lowest BCUT2D eigenvalue weighted by Gasteiger charge is -2.41. The molecule has 0 bridgehead atoms. The first kappa shape index (κ1) is 32.3. The number of halogens is 5. The lowest BCUT2D eigenvalue weighted by atomic mass is 10.0. The molecule has 0 saturated carbocycles. The van der Waals surface area contributed by atoms with Crippen LogP contribution in [0, 0.1) is 0 Å². The van der Waals surface area contributed by atoms with Crippen molar-refractivity contribution >= 4 is 40.7 Å². The Kier molecular flexibility index (Phi) is 11.0. The number of alkyl halides is 3. The van der Waals surface area contributed by atoms with E-state index in [1.54, 1.807) is 35.1 Å². The Morgan fingerprint density at radius 2 is 1.81 bits per heavy atom. The molecule has 13 heteroatoms. The van der Waals surface area contributed by atoms with Crippen LogP contribution in [0.2, 0.25) is 10.0 Å². The fraction of sp³-hybridized carbons (Fsp3) is 0.517. The van der Waals surface area contributed by atoms with E-state index >= 15 is 0 Å². The zero-order valence-corrected chi connectivity index (χ0v) is 25.2. The van der Waals surface area contributed by atoms with E-state index in [9.17, 15) is 22.8 Å². The predicted octanol–water partition coefficient (Wildman–Crippen LogP) is 3.83. The van der Waals surface area contributed by atoms with Crippen LogP contribution in [0.15, 0.2) is 36.4 Å². The fourth-order valence-electron chi connectivity index (χ4n) is 5.36. The van der Waals surface area contributed by atoms with Gasteiger partial charge in [-0.3, -0.25) is 9.59 Å². The molecule has 42 heavy (non-hydrogen) atoms. The first-order chi connectivity index (χ1) is 20.0. The van der Waals surface area contributed by atoms with Crippen molar-refractivity contribution in [1.29, 1.82) is 0 Å². The largest absolute Gasteiger partial charge is 0.416 e. The van der Waals surface area contributed by atoms with Gasteiger partial charge in [0.2, 0.25) is 11.8 Å². The van der Waals surface area contributed by atoms with Crippen molar-refractivity contribution < 1.29 is 27.5 Å². The van der Waals surface area contributed by atoms with Crippen molar-refractivity contribution in [3.63, 3.8) is 0 Å². The van der Waals surface area contributed by atoms with Crippen LogP contribution < -0.4 is 15.5 Å². The number of anilines is 1. The quantitative estimate of drug-likeness (QED) is 0.416. The van der Waals surface area contributed by atoms with Crippen LogP contribution in [-0.4, -0.2) is 93.2 Å². The van der Waals surface area contributed by atoms with E-state index in [1.807, 2.05) is 11.8 Å². The third-order valence-corrected chi connectivity index (χ3v) is 8.20. The van der Waals surface area contributed by atoms with Gasteiger partial charge in [-0.15, -0.1) is 0 Å². The molecule has 4 rings (SSSR count). The third-order valence-electron chi connectivity index (χ3n) is 7.61. The minimum absolute atomic E-state index is 0.0503. The van der Waals surface area contributed by atoms with Crippen LogP contribution >= 0.6 is 23.2 Å². The number of nitrogens with one attached hydrogen (secondary N) is 2. The van der Waals surface area contributed by atoms with Gasteiger partial charge in [0.1, 0.15) is 6.04 Å². The van der Waals surface area contributed by atoms with Gasteiger partial charge in [0.15, 0.2) is 0 Å². The summed E-state index contributed by atoms with van der Waals surface area (Å²) in [5.74, 6) is -0.341. The van der Waals surface area contributed by atoms with Gasteiger partial charge in [-0.25, -0.2) is 0 Å². The highest BCUT2D eigenvalue weighted by molar-refractivity contribution is 6.35. The minimum atomic E-state index is -4.46. The van der Waals surface area contributed by atoms with Gasteiger partial charge in [-0.05, 0) is 48.4 Å². The molecule has 2 aromatic rings. The summed E-state index contributed by atoms with van der Waals surface area (Å²) in [7, 11) is 1.57. The second-order valence-corrected chi connectivity index (χ2v) is 11.5. The SMILES string of the molecule is COCC(C)NCc1cc(C(F)(F)F)ccc1N1CCN(C(=O)C(Cc2ccc(Cl)cc2Cl)N2CCNCC2=O)CC1. The van der Waals surface area contributed by atoms with E-state index in [1.165, 1.54) is 12.1 Å². The van der Waals surface area contributed by atoms with Crippen molar-refractivity contribution in [2.24, 2.45) is 0 Å². The molecule has 2 amide bonds. The number of carbonyl (C=O) groups excluding carboxylic acids is 2. The summed E-state index contributed by atoms with van der Waals surface area (Å²) in [5.41, 5.74) is 1.22. The molecule has 2 saturated heterocycles. The Morgan fingerprint density at radius 3 is 2.45 bits per heavy atom. The Balaban J connectivity index is 1.51. The number of ether oxygens (including phenoxy) is 1. The maximum absolute atomic E-state index is 13.9. The molecule has 0 aliphatic carbocycles. The average molecular weight is 631 g/mol. The van der Waals surface area contributed by atoms with Gasteiger partial charge in [-0.1, -0.05) is 29.3 Å². The van der Waals surface area contributed by atoms with Crippen molar-refractivity contribution in [2.45, 2.75) is 38.1 Å². The average Bonchev–Trinajstić information content (AvgIpc) is 2.95. The normalized spacial score (nSPS) is 17.9. The number of amides is 2. The van der Waals surface area contributed by atoms with E-state index in [-0.39, 0.29) is 37.4 Å². The molecule has 2 unspecified atom stereocenters. The van der Waals surface area contributed by atoms with E-state index in [0.717, 1.165) is 6.07 Å². The number of hydrogen-bond acceptors (Lipinski definition) is 6. The Morgan fingerprint density at radius 1 is 1.07 bits per heavy atom.